The number of amides is 1. The molecule has 2 atom stereocenters. The lowest BCUT2D eigenvalue weighted by Gasteiger charge is -2.36. The number of morpholine rings is 1. The predicted octanol–water partition coefficient (Wildman–Crippen LogP) is 1.50. The molecule has 4 heteroatoms. The summed E-state index contributed by atoms with van der Waals surface area (Å²) in [5.74, 6) is 0.766. The third-order valence-corrected chi connectivity index (χ3v) is 3.08. The highest BCUT2D eigenvalue weighted by Gasteiger charge is 2.28. The van der Waals surface area contributed by atoms with Gasteiger partial charge in [0.1, 0.15) is 0 Å². The molecule has 0 bridgehead atoms. The summed E-state index contributed by atoms with van der Waals surface area (Å²) in [6, 6.07) is 0.0620. The third-order valence-electron chi connectivity index (χ3n) is 2.72. The van der Waals surface area contributed by atoms with Crippen LogP contribution >= 0.6 is 11.6 Å². The Balaban J connectivity index is 2.58. The van der Waals surface area contributed by atoms with E-state index in [9.17, 15) is 4.79 Å². The molecule has 14 heavy (non-hydrogen) atoms. The molecule has 0 aromatic heterocycles. The average Bonchev–Trinajstić information content (AvgIpc) is 2.26. The number of nitrogens with zero attached hydrogens (tertiary/aromatic N) is 1. The molecule has 1 saturated heterocycles. The first-order chi connectivity index (χ1) is 6.70. The van der Waals surface area contributed by atoms with Crippen LogP contribution in [0.5, 0.6) is 0 Å². The molecule has 0 aromatic carbocycles. The van der Waals surface area contributed by atoms with E-state index in [1.54, 1.807) is 0 Å². The zero-order valence-corrected chi connectivity index (χ0v) is 9.59. The molecule has 0 radical (unpaired) electrons. The number of alkyl halides is 1. The van der Waals surface area contributed by atoms with Crippen LogP contribution in [-0.2, 0) is 9.53 Å². The average molecular weight is 220 g/mol. The topological polar surface area (TPSA) is 29.5 Å². The van der Waals surface area contributed by atoms with Gasteiger partial charge in [0.25, 0.3) is 0 Å². The Kier molecular flexibility index (Phi) is 4.69. The summed E-state index contributed by atoms with van der Waals surface area (Å²) in [6.07, 6.45) is 0.880. The molecule has 82 valence electrons. The summed E-state index contributed by atoms with van der Waals surface area (Å²) in [5.41, 5.74) is 0. The second-order valence-corrected chi connectivity index (χ2v) is 4.03. The SMILES string of the molecule is CCC(C)C(=O)N1CCOCC1CCl. The molecule has 1 heterocycles. The molecule has 1 aliphatic heterocycles. The fourth-order valence-electron chi connectivity index (χ4n) is 1.53. The zero-order valence-electron chi connectivity index (χ0n) is 8.83. The summed E-state index contributed by atoms with van der Waals surface area (Å²) in [6.45, 7) is 5.88. The van der Waals surface area contributed by atoms with Crippen molar-refractivity contribution >= 4 is 17.5 Å². The summed E-state index contributed by atoms with van der Waals surface area (Å²) in [7, 11) is 0. The summed E-state index contributed by atoms with van der Waals surface area (Å²) < 4.78 is 5.29. The quantitative estimate of drug-likeness (QED) is 0.674. The Morgan fingerprint density at radius 3 is 3.00 bits per heavy atom. The molecule has 1 rings (SSSR count). The maximum absolute atomic E-state index is 11.9. The summed E-state index contributed by atoms with van der Waals surface area (Å²) in [4.78, 5) is 13.8. The minimum Gasteiger partial charge on any atom is -0.377 e. The normalized spacial score (nSPS) is 24.8. The smallest absolute Gasteiger partial charge is 0.225 e. The van der Waals surface area contributed by atoms with Crippen LogP contribution in [0.15, 0.2) is 0 Å². The first-order valence-electron chi connectivity index (χ1n) is 5.14. The highest BCUT2D eigenvalue weighted by atomic mass is 35.5. The number of hydrogen-bond acceptors (Lipinski definition) is 2. The van der Waals surface area contributed by atoms with Crippen molar-refractivity contribution in [3.8, 4) is 0 Å². The molecule has 0 saturated carbocycles. The number of rotatable bonds is 3. The molecular formula is C10H18ClNO2. The van der Waals surface area contributed by atoms with Crippen molar-refractivity contribution in [3.63, 3.8) is 0 Å². The Bertz CT molecular complexity index is 199. The van der Waals surface area contributed by atoms with Gasteiger partial charge in [-0.2, -0.15) is 0 Å². The van der Waals surface area contributed by atoms with Crippen molar-refractivity contribution in [2.24, 2.45) is 5.92 Å². The molecule has 0 aromatic rings. The van der Waals surface area contributed by atoms with E-state index in [-0.39, 0.29) is 17.9 Å². The van der Waals surface area contributed by atoms with Crippen molar-refractivity contribution in [2.75, 3.05) is 25.6 Å². The monoisotopic (exact) mass is 219 g/mol. The Morgan fingerprint density at radius 1 is 1.71 bits per heavy atom. The lowest BCUT2D eigenvalue weighted by atomic mass is 10.1. The lowest BCUT2D eigenvalue weighted by Crippen LogP contribution is -2.51. The minimum absolute atomic E-state index is 0.0620. The Labute approximate surface area is 90.4 Å². The molecule has 2 unspecified atom stereocenters. The minimum atomic E-state index is 0.0620. The van der Waals surface area contributed by atoms with Crippen molar-refractivity contribution in [3.05, 3.63) is 0 Å². The van der Waals surface area contributed by atoms with E-state index in [4.69, 9.17) is 16.3 Å². The number of hydrogen-bond donors (Lipinski definition) is 0. The fraction of sp³-hybridized carbons (Fsp3) is 0.900. The van der Waals surface area contributed by atoms with Crippen LogP contribution in [-0.4, -0.2) is 42.5 Å². The van der Waals surface area contributed by atoms with Crippen LogP contribution in [0.4, 0.5) is 0 Å². The van der Waals surface area contributed by atoms with E-state index < -0.39 is 0 Å². The van der Waals surface area contributed by atoms with Gasteiger partial charge in [0.2, 0.25) is 5.91 Å². The van der Waals surface area contributed by atoms with E-state index in [1.165, 1.54) is 0 Å². The standard InChI is InChI=1S/C10H18ClNO2/c1-3-8(2)10(13)12-4-5-14-7-9(12)6-11/h8-9H,3-7H2,1-2H3. The molecule has 3 nitrogen and oxygen atoms in total. The molecular weight excluding hydrogens is 202 g/mol. The maximum atomic E-state index is 11.9. The van der Waals surface area contributed by atoms with Gasteiger partial charge in [-0.05, 0) is 6.42 Å². The van der Waals surface area contributed by atoms with Gasteiger partial charge < -0.3 is 9.64 Å². The first kappa shape index (κ1) is 11.8. The van der Waals surface area contributed by atoms with Crippen LogP contribution < -0.4 is 0 Å². The van der Waals surface area contributed by atoms with Crippen molar-refractivity contribution in [1.29, 1.82) is 0 Å². The van der Waals surface area contributed by atoms with Crippen LogP contribution in [0.25, 0.3) is 0 Å². The van der Waals surface area contributed by atoms with E-state index in [0.29, 0.717) is 25.6 Å². The second kappa shape index (κ2) is 5.56. The van der Waals surface area contributed by atoms with Crippen LogP contribution in [0.2, 0.25) is 0 Å². The number of carbonyl (C=O) groups is 1. The van der Waals surface area contributed by atoms with Gasteiger partial charge >= 0.3 is 0 Å². The van der Waals surface area contributed by atoms with Gasteiger partial charge in [-0.15, -0.1) is 11.6 Å². The molecule has 0 spiro atoms. The van der Waals surface area contributed by atoms with Crippen LogP contribution in [0.3, 0.4) is 0 Å². The molecule has 1 aliphatic rings. The van der Waals surface area contributed by atoms with Gasteiger partial charge in [0.05, 0.1) is 19.3 Å². The Morgan fingerprint density at radius 2 is 2.43 bits per heavy atom. The largest absolute Gasteiger partial charge is 0.377 e. The molecule has 1 fully saturated rings. The van der Waals surface area contributed by atoms with Crippen molar-refractivity contribution < 1.29 is 9.53 Å². The van der Waals surface area contributed by atoms with Crippen molar-refractivity contribution in [1.82, 2.24) is 4.90 Å². The van der Waals surface area contributed by atoms with Gasteiger partial charge in [-0.1, -0.05) is 13.8 Å². The van der Waals surface area contributed by atoms with Crippen molar-refractivity contribution in [2.45, 2.75) is 26.3 Å². The molecule has 0 N–H and O–H groups in total. The lowest BCUT2D eigenvalue weighted by molar-refractivity contribution is -0.142. The zero-order chi connectivity index (χ0) is 10.6. The first-order valence-corrected chi connectivity index (χ1v) is 5.68. The number of ether oxygens (including phenoxy) is 1. The van der Waals surface area contributed by atoms with Crippen LogP contribution in [0.1, 0.15) is 20.3 Å². The van der Waals surface area contributed by atoms with E-state index >= 15 is 0 Å². The molecule has 1 amide bonds. The van der Waals surface area contributed by atoms with E-state index in [1.807, 2.05) is 18.7 Å². The van der Waals surface area contributed by atoms with Crippen LogP contribution in [0, 0.1) is 5.92 Å². The Hall–Kier alpha value is -0.280. The van der Waals surface area contributed by atoms with Gasteiger partial charge in [0.15, 0.2) is 0 Å². The van der Waals surface area contributed by atoms with Gasteiger partial charge in [-0.25, -0.2) is 0 Å². The maximum Gasteiger partial charge on any atom is 0.225 e. The predicted molar refractivity (Wildman–Crippen MR) is 56.5 cm³/mol. The number of halogens is 1. The fourth-order valence-corrected chi connectivity index (χ4v) is 1.79. The van der Waals surface area contributed by atoms with Gasteiger partial charge in [-0.3, -0.25) is 4.79 Å². The van der Waals surface area contributed by atoms with Gasteiger partial charge in [0, 0.05) is 18.3 Å². The number of carbonyl (C=O) groups excluding carboxylic acids is 1. The summed E-state index contributed by atoms with van der Waals surface area (Å²) >= 11 is 5.79. The highest BCUT2D eigenvalue weighted by Crippen LogP contribution is 2.14. The summed E-state index contributed by atoms with van der Waals surface area (Å²) in [5, 5.41) is 0. The van der Waals surface area contributed by atoms with E-state index in [2.05, 4.69) is 0 Å². The molecule has 0 aliphatic carbocycles. The third kappa shape index (κ3) is 2.61. The highest BCUT2D eigenvalue weighted by molar-refractivity contribution is 6.18. The second-order valence-electron chi connectivity index (χ2n) is 3.72. The van der Waals surface area contributed by atoms with E-state index in [0.717, 1.165) is 6.42 Å².